The number of para-hydroxylation sites is 2. The molecule has 0 spiro atoms. The Labute approximate surface area is 114 Å². The van der Waals surface area contributed by atoms with Crippen LogP contribution in [-0.2, 0) is 9.59 Å². The van der Waals surface area contributed by atoms with Crippen molar-refractivity contribution in [3.8, 4) is 0 Å². The molecule has 1 aliphatic rings. The number of carbonyl (C=O) groups excluding carboxylic acids is 2. The fourth-order valence-corrected chi connectivity index (χ4v) is 2.88. The number of nitrogens with zero attached hydrogens (tertiary/aromatic N) is 3. The Kier molecular flexibility index (Phi) is 2.20. The molecule has 1 aliphatic heterocycles. The van der Waals surface area contributed by atoms with Crippen LogP contribution in [0.4, 0.5) is 0 Å². The van der Waals surface area contributed by atoms with Gasteiger partial charge >= 0.3 is 0 Å². The van der Waals surface area contributed by atoms with E-state index in [1.165, 1.54) is 0 Å². The van der Waals surface area contributed by atoms with E-state index in [1.54, 1.807) is 6.20 Å². The third-order valence-electron chi connectivity index (χ3n) is 3.76. The molecule has 2 aromatic heterocycles. The van der Waals surface area contributed by atoms with Crippen molar-refractivity contribution < 1.29 is 9.59 Å². The Morgan fingerprint density at radius 2 is 2.00 bits per heavy atom. The molecule has 1 saturated heterocycles. The zero-order valence-corrected chi connectivity index (χ0v) is 10.6. The van der Waals surface area contributed by atoms with Crippen molar-refractivity contribution in [1.82, 2.24) is 19.3 Å². The Balaban J connectivity index is 1.99. The van der Waals surface area contributed by atoms with E-state index in [0.717, 1.165) is 16.8 Å². The molecule has 1 fully saturated rings. The van der Waals surface area contributed by atoms with Crippen LogP contribution in [0.25, 0.3) is 16.8 Å². The lowest BCUT2D eigenvalue weighted by Crippen LogP contribution is -2.41. The third kappa shape index (κ3) is 1.41. The molecule has 6 nitrogen and oxygen atoms in total. The van der Waals surface area contributed by atoms with E-state index in [-0.39, 0.29) is 11.8 Å². The Hall–Kier alpha value is -2.63. The molecule has 4 rings (SSSR count). The van der Waals surface area contributed by atoms with Crippen molar-refractivity contribution in [2.45, 2.75) is 18.9 Å². The number of imide groups is 1. The first kappa shape index (κ1) is 11.2. The molecule has 100 valence electrons. The summed E-state index contributed by atoms with van der Waals surface area (Å²) in [7, 11) is 0. The van der Waals surface area contributed by atoms with Gasteiger partial charge in [-0.3, -0.25) is 23.9 Å². The number of nitrogens with one attached hydrogen (secondary N) is 1. The number of hydrogen-bond donors (Lipinski definition) is 1. The second-order valence-corrected chi connectivity index (χ2v) is 4.92. The maximum atomic E-state index is 12.1. The molecule has 3 heterocycles. The van der Waals surface area contributed by atoms with Crippen molar-refractivity contribution in [3.05, 3.63) is 36.7 Å². The summed E-state index contributed by atoms with van der Waals surface area (Å²) in [5.74, 6) is 0.260. The van der Waals surface area contributed by atoms with Gasteiger partial charge in [-0.1, -0.05) is 12.1 Å². The number of piperidine rings is 1. The van der Waals surface area contributed by atoms with Gasteiger partial charge in [-0.05, 0) is 18.6 Å². The number of fused-ring (bicyclic) bond motifs is 3. The van der Waals surface area contributed by atoms with Crippen molar-refractivity contribution in [1.29, 1.82) is 0 Å². The van der Waals surface area contributed by atoms with Gasteiger partial charge in [0.05, 0.1) is 11.0 Å². The lowest BCUT2D eigenvalue weighted by Gasteiger charge is -2.22. The highest BCUT2D eigenvalue weighted by molar-refractivity contribution is 6.00. The fraction of sp³-hybridized carbons (Fsp3) is 0.214. The number of hydrogen-bond acceptors (Lipinski definition) is 3. The summed E-state index contributed by atoms with van der Waals surface area (Å²) < 4.78 is 3.87. The van der Waals surface area contributed by atoms with E-state index < -0.39 is 6.04 Å². The minimum atomic E-state index is -0.391. The van der Waals surface area contributed by atoms with Crippen LogP contribution in [0.3, 0.4) is 0 Å². The quantitative estimate of drug-likeness (QED) is 0.676. The molecule has 1 N–H and O–H groups in total. The van der Waals surface area contributed by atoms with E-state index in [2.05, 4.69) is 10.3 Å². The topological polar surface area (TPSA) is 68.4 Å². The van der Waals surface area contributed by atoms with Crippen LogP contribution in [-0.4, -0.2) is 25.8 Å². The third-order valence-corrected chi connectivity index (χ3v) is 3.76. The molecule has 1 unspecified atom stereocenters. The molecule has 0 aliphatic carbocycles. The van der Waals surface area contributed by atoms with E-state index in [1.807, 2.05) is 39.4 Å². The minimum absolute atomic E-state index is 0.206. The largest absolute Gasteiger partial charge is 0.297 e. The number of aromatic nitrogens is 3. The lowest BCUT2D eigenvalue weighted by molar-refractivity contribution is -0.135. The molecular formula is C14H12N4O2. The zero-order valence-electron chi connectivity index (χ0n) is 10.6. The van der Waals surface area contributed by atoms with Gasteiger partial charge in [0.1, 0.15) is 6.04 Å². The molecule has 0 radical (unpaired) electrons. The first-order chi connectivity index (χ1) is 9.75. The SMILES string of the molecule is O=C1CCC(n2c3ccccc3n3ccnc23)C(=O)N1. The maximum absolute atomic E-state index is 12.1. The number of carbonyl (C=O) groups is 2. The molecular weight excluding hydrogens is 256 g/mol. The summed E-state index contributed by atoms with van der Waals surface area (Å²) in [4.78, 5) is 27.8. The van der Waals surface area contributed by atoms with Gasteiger partial charge in [-0.2, -0.15) is 0 Å². The Morgan fingerprint density at radius 3 is 2.80 bits per heavy atom. The maximum Gasteiger partial charge on any atom is 0.249 e. The summed E-state index contributed by atoms with van der Waals surface area (Å²) in [6.45, 7) is 0. The second kappa shape index (κ2) is 3.93. The van der Waals surface area contributed by atoms with Crippen LogP contribution in [0, 0.1) is 0 Å². The van der Waals surface area contributed by atoms with Crippen LogP contribution in [0.1, 0.15) is 18.9 Å². The molecule has 1 aromatic carbocycles. The number of imidazole rings is 2. The number of benzene rings is 1. The smallest absolute Gasteiger partial charge is 0.249 e. The van der Waals surface area contributed by atoms with Crippen LogP contribution in [0.2, 0.25) is 0 Å². The summed E-state index contributed by atoms with van der Waals surface area (Å²) in [6.07, 6.45) is 4.45. The normalized spacial score (nSPS) is 19.7. The van der Waals surface area contributed by atoms with Gasteiger partial charge < -0.3 is 0 Å². The average Bonchev–Trinajstić information content (AvgIpc) is 3.00. The van der Waals surface area contributed by atoms with Gasteiger partial charge in [0, 0.05) is 18.8 Å². The molecule has 6 heteroatoms. The molecule has 1 atom stereocenters. The lowest BCUT2D eigenvalue weighted by atomic mass is 10.1. The summed E-state index contributed by atoms with van der Waals surface area (Å²) in [6, 6.07) is 7.46. The molecule has 0 bridgehead atoms. The minimum Gasteiger partial charge on any atom is -0.297 e. The van der Waals surface area contributed by atoms with E-state index in [9.17, 15) is 9.59 Å². The van der Waals surface area contributed by atoms with Gasteiger partial charge in [0.25, 0.3) is 0 Å². The predicted molar refractivity (Wildman–Crippen MR) is 72.1 cm³/mol. The summed E-state index contributed by atoms with van der Waals surface area (Å²) in [5.41, 5.74) is 1.95. The first-order valence-corrected chi connectivity index (χ1v) is 6.51. The van der Waals surface area contributed by atoms with Crippen molar-refractivity contribution >= 4 is 28.6 Å². The van der Waals surface area contributed by atoms with Crippen molar-refractivity contribution in [2.75, 3.05) is 0 Å². The predicted octanol–water partition coefficient (Wildman–Crippen LogP) is 1.27. The van der Waals surface area contributed by atoms with Gasteiger partial charge in [0.2, 0.25) is 17.6 Å². The molecule has 2 amide bonds. The second-order valence-electron chi connectivity index (χ2n) is 4.92. The first-order valence-electron chi connectivity index (χ1n) is 6.51. The van der Waals surface area contributed by atoms with Crippen LogP contribution >= 0.6 is 0 Å². The number of amides is 2. The van der Waals surface area contributed by atoms with Crippen LogP contribution in [0.15, 0.2) is 36.7 Å². The Bertz CT molecular complexity index is 845. The van der Waals surface area contributed by atoms with Crippen LogP contribution < -0.4 is 5.32 Å². The molecule has 0 saturated carbocycles. The highest BCUT2D eigenvalue weighted by Gasteiger charge is 2.30. The summed E-state index contributed by atoms with van der Waals surface area (Å²) in [5, 5.41) is 2.40. The van der Waals surface area contributed by atoms with Gasteiger partial charge in [-0.15, -0.1) is 0 Å². The number of rotatable bonds is 1. The van der Waals surface area contributed by atoms with Gasteiger partial charge in [0.15, 0.2) is 0 Å². The standard InChI is InChI=1S/C14H12N4O2/c19-12-6-5-11(13(20)16-12)18-10-4-2-1-3-9(10)17-8-7-15-14(17)18/h1-4,7-8,11H,5-6H2,(H,16,19,20). The fourth-order valence-electron chi connectivity index (χ4n) is 2.88. The Morgan fingerprint density at radius 1 is 1.20 bits per heavy atom. The van der Waals surface area contributed by atoms with E-state index in [0.29, 0.717) is 12.8 Å². The monoisotopic (exact) mass is 268 g/mol. The van der Waals surface area contributed by atoms with Gasteiger partial charge in [-0.25, -0.2) is 4.98 Å². The average molecular weight is 268 g/mol. The van der Waals surface area contributed by atoms with E-state index >= 15 is 0 Å². The van der Waals surface area contributed by atoms with Crippen LogP contribution in [0.5, 0.6) is 0 Å². The zero-order chi connectivity index (χ0) is 13.7. The van der Waals surface area contributed by atoms with E-state index in [4.69, 9.17) is 0 Å². The highest BCUT2D eigenvalue weighted by Crippen LogP contribution is 2.28. The molecule has 20 heavy (non-hydrogen) atoms. The van der Waals surface area contributed by atoms with Crippen molar-refractivity contribution in [3.63, 3.8) is 0 Å². The van der Waals surface area contributed by atoms with Crippen molar-refractivity contribution in [2.24, 2.45) is 0 Å². The summed E-state index contributed by atoms with van der Waals surface area (Å²) >= 11 is 0. The highest BCUT2D eigenvalue weighted by atomic mass is 16.2. The molecule has 3 aromatic rings.